The van der Waals surface area contributed by atoms with Crippen molar-refractivity contribution in [1.29, 1.82) is 0 Å². The molecule has 1 aromatic carbocycles. The molecular weight excluding hydrogens is 226 g/mol. The van der Waals surface area contributed by atoms with Gasteiger partial charge in [-0.2, -0.15) is 0 Å². The van der Waals surface area contributed by atoms with Gasteiger partial charge in [-0.15, -0.1) is 0 Å². The van der Waals surface area contributed by atoms with Crippen LogP contribution < -0.4 is 5.73 Å². The second-order valence-electron chi connectivity index (χ2n) is 4.05. The first kappa shape index (κ1) is 12.5. The molecule has 2 rings (SSSR count). The van der Waals surface area contributed by atoms with E-state index in [9.17, 15) is 4.79 Å². The van der Waals surface area contributed by atoms with Crippen molar-refractivity contribution in [3.8, 4) is 0 Å². The molecule has 4 nitrogen and oxygen atoms in total. The number of pyridine rings is 1. The van der Waals surface area contributed by atoms with Gasteiger partial charge in [0.05, 0.1) is 5.52 Å². The molecule has 0 aliphatic heterocycles. The minimum Gasteiger partial charge on any atom is -0.338 e. The van der Waals surface area contributed by atoms with Gasteiger partial charge >= 0.3 is 0 Å². The summed E-state index contributed by atoms with van der Waals surface area (Å²) in [5.41, 5.74) is 7.06. The number of hydrogen-bond donors (Lipinski definition) is 1. The molecule has 0 unspecified atom stereocenters. The van der Waals surface area contributed by atoms with Gasteiger partial charge in [-0.05, 0) is 25.1 Å². The van der Waals surface area contributed by atoms with Crippen LogP contribution in [0.4, 0.5) is 0 Å². The highest BCUT2D eigenvalue weighted by atomic mass is 16.2. The van der Waals surface area contributed by atoms with Crippen LogP contribution in [0.5, 0.6) is 0 Å². The molecule has 0 aliphatic carbocycles. The van der Waals surface area contributed by atoms with Crippen LogP contribution in [0.3, 0.4) is 0 Å². The lowest BCUT2D eigenvalue weighted by Crippen LogP contribution is -2.35. The Hall–Kier alpha value is -1.94. The summed E-state index contributed by atoms with van der Waals surface area (Å²) in [6.07, 6.45) is 1.73. The summed E-state index contributed by atoms with van der Waals surface area (Å²) in [7, 11) is 0. The molecule has 0 saturated heterocycles. The van der Waals surface area contributed by atoms with Crippen molar-refractivity contribution in [3.63, 3.8) is 0 Å². The van der Waals surface area contributed by atoms with Crippen molar-refractivity contribution in [1.82, 2.24) is 9.88 Å². The molecule has 0 fully saturated rings. The van der Waals surface area contributed by atoms with Crippen LogP contribution >= 0.6 is 0 Å². The second kappa shape index (κ2) is 5.60. The predicted octanol–water partition coefficient (Wildman–Crippen LogP) is 1.66. The molecule has 2 aromatic rings. The third-order valence-corrected chi connectivity index (χ3v) is 2.94. The fourth-order valence-corrected chi connectivity index (χ4v) is 2.02. The van der Waals surface area contributed by atoms with E-state index in [1.807, 2.05) is 37.3 Å². The zero-order valence-electron chi connectivity index (χ0n) is 10.5. The van der Waals surface area contributed by atoms with E-state index in [0.29, 0.717) is 25.2 Å². The first-order chi connectivity index (χ1) is 8.77. The lowest BCUT2D eigenvalue weighted by molar-refractivity contribution is 0.0771. The van der Waals surface area contributed by atoms with Gasteiger partial charge in [0.25, 0.3) is 5.91 Å². The highest BCUT2D eigenvalue weighted by molar-refractivity contribution is 6.06. The van der Waals surface area contributed by atoms with Crippen LogP contribution in [-0.4, -0.2) is 35.4 Å². The lowest BCUT2D eigenvalue weighted by Gasteiger charge is -2.20. The summed E-state index contributed by atoms with van der Waals surface area (Å²) in [6, 6.07) is 9.37. The average molecular weight is 243 g/mol. The summed E-state index contributed by atoms with van der Waals surface area (Å²) in [5, 5.41) is 0.889. The number of fused-ring (bicyclic) bond motifs is 1. The van der Waals surface area contributed by atoms with E-state index in [0.717, 1.165) is 10.9 Å². The van der Waals surface area contributed by atoms with Crippen LogP contribution in [0.25, 0.3) is 10.9 Å². The van der Waals surface area contributed by atoms with Crippen molar-refractivity contribution in [2.75, 3.05) is 19.6 Å². The minimum atomic E-state index is 0.0153. The molecule has 0 aliphatic rings. The Morgan fingerprint density at radius 3 is 2.89 bits per heavy atom. The fraction of sp³-hybridized carbons (Fsp3) is 0.286. The molecule has 0 saturated carbocycles. The quantitative estimate of drug-likeness (QED) is 0.888. The Bertz CT molecular complexity index is 548. The number of carbonyl (C=O) groups excluding carboxylic acids is 1. The molecule has 0 atom stereocenters. The van der Waals surface area contributed by atoms with Crippen LogP contribution in [0.1, 0.15) is 17.3 Å². The SMILES string of the molecule is CCN(CCN)C(=O)c1cccc2ncccc12. The average Bonchev–Trinajstić information content (AvgIpc) is 2.43. The number of nitrogens with zero attached hydrogens (tertiary/aromatic N) is 2. The predicted molar refractivity (Wildman–Crippen MR) is 72.4 cm³/mol. The zero-order chi connectivity index (χ0) is 13.0. The molecule has 4 heteroatoms. The van der Waals surface area contributed by atoms with Gasteiger partial charge in [0.15, 0.2) is 0 Å². The van der Waals surface area contributed by atoms with Crippen LogP contribution in [0.2, 0.25) is 0 Å². The Labute approximate surface area is 106 Å². The number of carbonyl (C=O) groups is 1. The standard InChI is InChI=1S/C14H17N3O/c1-2-17(10-8-15)14(18)12-5-3-7-13-11(12)6-4-9-16-13/h3-7,9H,2,8,10,15H2,1H3. The largest absolute Gasteiger partial charge is 0.338 e. The summed E-state index contributed by atoms with van der Waals surface area (Å²) in [4.78, 5) is 18.4. The van der Waals surface area contributed by atoms with E-state index >= 15 is 0 Å². The summed E-state index contributed by atoms with van der Waals surface area (Å²) < 4.78 is 0. The second-order valence-corrected chi connectivity index (χ2v) is 4.05. The molecule has 1 amide bonds. The third kappa shape index (κ3) is 2.33. The molecule has 1 heterocycles. The number of likely N-dealkylation sites (N-methyl/N-ethyl adjacent to an activating group) is 1. The van der Waals surface area contributed by atoms with Crippen molar-refractivity contribution in [2.45, 2.75) is 6.92 Å². The molecule has 18 heavy (non-hydrogen) atoms. The van der Waals surface area contributed by atoms with Crippen molar-refractivity contribution < 1.29 is 4.79 Å². The summed E-state index contributed by atoms with van der Waals surface area (Å²) in [5.74, 6) is 0.0153. The fourth-order valence-electron chi connectivity index (χ4n) is 2.02. The molecule has 94 valence electrons. The molecule has 2 N–H and O–H groups in total. The van der Waals surface area contributed by atoms with E-state index in [-0.39, 0.29) is 5.91 Å². The number of hydrogen-bond acceptors (Lipinski definition) is 3. The molecular formula is C14H17N3O. The maximum absolute atomic E-state index is 12.4. The Kier molecular flexibility index (Phi) is 3.89. The number of amides is 1. The molecule has 0 radical (unpaired) electrons. The molecule has 0 bridgehead atoms. The van der Waals surface area contributed by atoms with Gasteiger partial charge in [-0.1, -0.05) is 12.1 Å². The normalized spacial score (nSPS) is 10.6. The third-order valence-electron chi connectivity index (χ3n) is 2.94. The van der Waals surface area contributed by atoms with Crippen molar-refractivity contribution in [3.05, 3.63) is 42.1 Å². The molecule has 1 aromatic heterocycles. The first-order valence-electron chi connectivity index (χ1n) is 6.11. The van der Waals surface area contributed by atoms with Crippen LogP contribution in [-0.2, 0) is 0 Å². The summed E-state index contributed by atoms with van der Waals surface area (Å²) in [6.45, 7) is 3.66. The van der Waals surface area contributed by atoms with Crippen LogP contribution in [0, 0.1) is 0 Å². The van der Waals surface area contributed by atoms with E-state index in [1.165, 1.54) is 0 Å². The van der Waals surface area contributed by atoms with Gasteiger partial charge in [0.1, 0.15) is 0 Å². The zero-order valence-corrected chi connectivity index (χ0v) is 10.5. The smallest absolute Gasteiger partial charge is 0.254 e. The Morgan fingerprint density at radius 2 is 2.17 bits per heavy atom. The Balaban J connectivity index is 2.44. The maximum atomic E-state index is 12.4. The van der Waals surface area contributed by atoms with E-state index in [2.05, 4.69) is 4.98 Å². The van der Waals surface area contributed by atoms with Gasteiger partial charge in [0.2, 0.25) is 0 Å². The monoisotopic (exact) mass is 243 g/mol. The van der Waals surface area contributed by atoms with Gasteiger partial charge < -0.3 is 10.6 Å². The minimum absolute atomic E-state index is 0.0153. The highest BCUT2D eigenvalue weighted by Crippen LogP contribution is 2.18. The van der Waals surface area contributed by atoms with Crippen molar-refractivity contribution in [2.24, 2.45) is 5.73 Å². The topological polar surface area (TPSA) is 59.2 Å². The highest BCUT2D eigenvalue weighted by Gasteiger charge is 2.15. The molecule has 0 spiro atoms. The van der Waals surface area contributed by atoms with Crippen LogP contribution in [0.15, 0.2) is 36.5 Å². The van der Waals surface area contributed by atoms with Gasteiger partial charge in [0, 0.05) is 36.8 Å². The number of rotatable bonds is 4. The lowest BCUT2D eigenvalue weighted by atomic mass is 10.1. The maximum Gasteiger partial charge on any atom is 0.254 e. The van der Waals surface area contributed by atoms with E-state index < -0.39 is 0 Å². The van der Waals surface area contributed by atoms with E-state index in [1.54, 1.807) is 11.1 Å². The van der Waals surface area contributed by atoms with E-state index in [4.69, 9.17) is 5.73 Å². The van der Waals surface area contributed by atoms with Gasteiger partial charge in [-0.25, -0.2) is 0 Å². The van der Waals surface area contributed by atoms with Gasteiger partial charge in [-0.3, -0.25) is 9.78 Å². The Morgan fingerprint density at radius 1 is 1.33 bits per heavy atom. The van der Waals surface area contributed by atoms with Crippen molar-refractivity contribution >= 4 is 16.8 Å². The first-order valence-corrected chi connectivity index (χ1v) is 6.11. The number of aromatic nitrogens is 1. The number of nitrogens with two attached hydrogens (primary N) is 1. The number of benzene rings is 1. The summed E-state index contributed by atoms with van der Waals surface area (Å²) >= 11 is 0.